The third-order valence-electron chi connectivity index (χ3n) is 6.98. The largest absolute Gasteiger partial charge is 0.467 e. The van der Waals surface area contributed by atoms with Gasteiger partial charge in [-0.05, 0) is 42.8 Å². The minimum Gasteiger partial charge on any atom is -0.467 e. The summed E-state index contributed by atoms with van der Waals surface area (Å²) in [4.78, 5) is 25.2. The van der Waals surface area contributed by atoms with Crippen molar-refractivity contribution in [2.24, 2.45) is 0 Å². The number of ether oxygens (including phenoxy) is 3. The van der Waals surface area contributed by atoms with Crippen molar-refractivity contribution in [3.63, 3.8) is 0 Å². The highest BCUT2D eigenvalue weighted by atomic mass is 16.5. The highest BCUT2D eigenvalue weighted by Gasteiger charge is 2.29. The number of hydrogen-bond acceptors (Lipinski definition) is 8. The number of fused-ring (bicyclic) bond motifs is 2. The van der Waals surface area contributed by atoms with Crippen LogP contribution in [0, 0.1) is 0 Å². The monoisotopic (exact) mass is 511 g/mol. The van der Waals surface area contributed by atoms with Gasteiger partial charge in [-0.2, -0.15) is 4.98 Å². The second-order valence-electron chi connectivity index (χ2n) is 9.49. The third-order valence-corrected chi connectivity index (χ3v) is 6.98. The van der Waals surface area contributed by atoms with Crippen LogP contribution in [-0.4, -0.2) is 41.8 Å². The topological polar surface area (TPSA) is 102 Å². The predicted molar refractivity (Wildman–Crippen MR) is 144 cm³/mol. The molecule has 194 valence electrons. The molecule has 2 aromatic heterocycles. The average Bonchev–Trinajstić information content (AvgIpc) is 2.96. The van der Waals surface area contributed by atoms with E-state index in [1.54, 1.807) is 25.6 Å². The van der Waals surface area contributed by atoms with Gasteiger partial charge in [-0.3, -0.25) is 4.79 Å². The summed E-state index contributed by atoms with van der Waals surface area (Å²) in [6.07, 6.45) is 3.98. The maximum absolute atomic E-state index is 11.8. The Morgan fingerprint density at radius 2 is 2.08 bits per heavy atom. The Kier molecular flexibility index (Phi) is 6.43. The summed E-state index contributed by atoms with van der Waals surface area (Å²) >= 11 is 0. The number of methoxy groups -OCH3 is 1. The second-order valence-corrected chi connectivity index (χ2v) is 9.49. The van der Waals surface area contributed by atoms with E-state index in [1.807, 2.05) is 24.3 Å². The Bertz CT molecular complexity index is 1520. The molecule has 2 N–H and O–H groups in total. The van der Waals surface area contributed by atoms with Gasteiger partial charge < -0.3 is 29.4 Å². The Morgan fingerprint density at radius 1 is 1.16 bits per heavy atom. The van der Waals surface area contributed by atoms with Gasteiger partial charge in [-0.25, -0.2) is 4.98 Å². The van der Waals surface area contributed by atoms with Crippen LogP contribution < -0.4 is 25.2 Å². The van der Waals surface area contributed by atoms with E-state index in [1.165, 1.54) is 0 Å². The molecule has 2 aromatic carbocycles. The third kappa shape index (κ3) is 4.80. The van der Waals surface area contributed by atoms with Crippen LogP contribution in [-0.2, 0) is 11.2 Å². The lowest BCUT2D eigenvalue weighted by atomic mass is 9.95. The molecule has 4 heterocycles. The van der Waals surface area contributed by atoms with E-state index in [-0.39, 0.29) is 17.7 Å². The van der Waals surface area contributed by atoms with Gasteiger partial charge in [0.25, 0.3) is 0 Å². The van der Waals surface area contributed by atoms with Crippen LogP contribution in [0.4, 0.5) is 11.4 Å². The number of rotatable bonds is 6. The van der Waals surface area contributed by atoms with Gasteiger partial charge in [0.2, 0.25) is 5.56 Å². The Hall–Kier alpha value is -4.37. The number of benzene rings is 2. The van der Waals surface area contributed by atoms with Crippen molar-refractivity contribution < 1.29 is 14.2 Å². The second kappa shape index (κ2) is 10.2. The van der Waals surface area contributed by atoms with Gasteiger partial charge >= 0.3 is 6.01 Å². The number of para-hydroxylation sites is 1. The van der Waals surface area contributed by atoms with Crippen molar-refractivity contribution in [3.8, 4) is 17.5 Å². The SMILES string of the molecule is COc1nccc(C(C)Nc2ccc3c(c2)Cc2cccc(C4CN(c5cc[nH]c(=O)c5)CCO4)c2O3)n1. The smallest absolute Gasteiger partial charge is 0.316 e. The number of hydrogen-bond donors (Lipinski definition) is 2. The lowest BCUT2D eigenvalue weighted by molar-refractivity contribution is 0.0384. The first-order chi connectivity index (χ1) is 18.6. The fraction of sp³-hybridized carbons (Fsp3) is 0.276. The number of anilines is 2. The molecule has 1 fully saturated rings. The minimum absolute atomic E-state index is 0.0278. The molecular weight excluding hydrogens is 482 g/mol. The zero-order valence-corrected chi connectivity index (χ0v) is 21.3. The number of H-pyrrole nitrogens is 1. The Morgan fingerprint density at radius 3 is 2.95 bits per heavy atom. The van der Waals surface area contributed by atoms with E-state index in [2.05, 4.69) is 56.4 Å². The zero-order chi connectivity index (χ0) is 26.1. The number of morpholine rings is 1. The normalized spacial score (nSPS) is 17.1. The van der Waals surface area contributed by atoms with Gasteiger partial charge in [0.05, 0.1) is 25.5 Å². The van der Waals surface area contributed by atoms with Crippen molar-refractivity contribution in [2.75, 3.05) is 37.0 Å². The highest BCUT2D eigenvalue weighted by Crippen LogP contribution is 2.43. The number of aromatic amines is 1. The fourth-order valence-electron chi connectivity index (χ4n) is 5.06. The van der Waals surface area contributed by atoms with Crippen LogP contribution in [0.25, 0.3) is 0 Å². The first kappa shape index (κ1) is 24.0. The van der Waals surface area contributed by atoms with Gasteiger partial charge in [0.15, 0.2) is 0 Å². The number of nitrogens with one attached hydrogen (secondary N) is 2. The van der Waals surface area contributed by atoms with Crippen LogP contribution in [0.2, 0.25) is 0 Å². The lowest BCUT2D eigenvalue weighted by Crippen LogP contribution is -2.39. The Balaban J connectivity index is 1.21. The first-order valence-electron chi connectivity index (χ1n) is 12.7. The van der Waals surface area contributed by atoms with Crippen LogP contribution in [0.5, 0.6) is 17.5 Å². The molecule has 2 aliphatic rings. The molecule has 38 heavy (non-hydrogen) atoms. The van der Waals surface area contributed by atoms with Gasteiger partial charge in [0.1, 0.15) is 17.6 Å². The molecule has 6 rings (SSSR count). The van der Waals surface area contributed by atoms with Crippen LogP contribution in [0.1, 0.15) is 41.5 Å². The number of pyridine rings is 1. The fourth-order valence-corrected chi connectivity index (χ4v) is 5.06. The van der Waals surface area contributed by atoms with Crippen molar-refractivity contribution in [3.05, 3.63) is 99.7 Å². The molecule has 0 spiro atoms. The molecule has 0 radical (unpaired) electrons. The summed E-state index contributed by atoms with van der Waals surface area (Å²) < 4.78 is 17.8. The van der Waals surface area contributed by atoms with Crippen LogP contribution >= 0.6 is 0 Å². The first-order valence-corrected chi connectivity index (χ1v) is 12.7. The summed E-state index contributed by atoms with van der Waals surface area (Å²) in [5, 5.41) is 3.52. The number of aromatic nitrogens is 3. The zero-order valence-electron chi connectivity index (χ0n) is 21.3. The van der Waals surface area contributed by atoms with E-state index in [0.29, 0.717) is 19.2 Å². The van der Waals surface area contributed by atoms with Crippen molar-refractivity contribution >= 4 is 11.4 Å². The van der Waals surface area contributed by atoms with Gasteiger partial charge in [-0.15, -0.1) is 0 Å². The van der Waals surface area contributed by atoms with Gasteiger partial charge in [-0.1, -0.05) is 18.2 Å². The summed E-state index contributed by atoms with van der Waals surface area (Å²) in [6, 6.07) is 18.2. The summed E-state index contributed by atoms with van der Waals surface area (Å²) in [5.41, 5.74) is 5.88. The van der Waals surface area contributed by atoms with E-state index < -0.39 is 0 Å². The van der Waals surface area contributed by atoms with E-state index in [9.17, 15) is 4.79 Å². The summed E-state index contributed by atoms with van der Waals surface area (Å²) in [6.45, 7) is 4.00. The summed E-state index contributed by atoms with van der Waals surface area (Å²) in [5.74, 6) is 1.70. The quantitative estimate of drug-likeness (QED) is 0.341. The van der Waals surface area contributed by atoms with E-state index >= 15 is 0 Å². The number of nitrogens with zero attached hydrogens (tertiary/aromatic N) is 3. The predicted octanol–water partition coefficient (Wildman–Crippen LogP) is 4.62. The molecular formula is C29H29N5O4. The maximum Gasteiger partial charge on any atom is 0.316 e. The molecule has 9 heteroatoms. The van der Waals surface area contributed by atoms with Crippen molar-refractivity contribution in [1.82, 2.24) is 15.0 Å². The molecule has 1 saturated heterocycles. The molecule has 2 aliphatic heterocycles. The van der Waals surface area contributed by atoms with Crippen LogP contribution in [0.15, 0.2) is 71.8 Å². The van der Waals surface area contributed by atoms with E-state index in [4.69, 9.17) is 14.2 Å². The Labute approximate surface area is 220 Å². The van der Waals surface area contributed by atoms with Crippen molar-refractivity contribution in [1.29, 1.82) is 0 Å². The van der Waals surface area contributed by atoms with Gasteiger partial charge in [0, 0.05) is 60.5 Å². The highest BCUT2D eigenvalue weighted by molar-refractivity contribution is 5.59. The average molecular weight is 512 g/mol. The molecule has 4 aromatic rings. The molecule has 0 amide bonds. The maximum atomic E-state index is 11.8. The molecule has 9 nitrogen and oxygen atoms in total. The standard InChI is InChI=1S/C29H29N5O4/c1-18(24-9-11-31-29(33-24)36-2)32-21-6-7-25-20(15-21)14-19-4-3-5-23(28(19)38-25)26-17-34(12-13-37-26)22-8-10-30-27(35)16-22/h3-11,15-16,18,26,32H,12-14,17H2,1-2H3,(H,30,35). The summed E-state index contributed by atoms with van der Waals surface area (Å²) in [7, 11) is 1.56. The lowest BCUT2D eigenvalue weighted by Gasteiger charge is -2.36. The molecule has 2 unspecified atom stereocenters. The minimum atomic E-state index is -0.161. The van der Waals surface area contributed by atoms with E-state index in [0.717, 1.165) is 58.2 Å². The van der Waals surface area contributed by atoms with Crippen molar-refractivity contribution in [2.45, 2.75) is 25.5 Å². The molecule has 0 bridgehead atoms. The molecule has 0 aliphatic carbocycles. The molecule has 0 saturated carbocycles. The van der Waals surface area contributed by atoms with Crippen LogP contribution in [0.3, 0.4) is 0 Å². The molecule has 2 atom stereocenters.